The zero-order valence-corrected chi connectivity index (χ0v) is 16.2. The fraction of sp³-hybridized carbons (Fsp3) is 0.238. The van der Waals surface area contributed by atoms with Crippen molar-refractivity contribution < 1.29 is 19.0 Å². The number of fused-ring (bicyclic) bond motifs is 1. The molecule has 0 amide bonds. The summed E-state index contributed by atoms with van der Waals surface area (Å²) in [5, 5.41) is 0.760. The molecule has 140 valence electrons. The molecule has 0 spiro atoms. The van der Waals surface area contributed by atoms with Gasteiger partial charge < -0.3 is 14.2 Å². The number of hydrogen-bond acceptors (Lipinski definition) is 5. The monoisotopic (exact) mass is 385 g/mol. The lowest BCUT2D eigenvalue weighted by Gasteiger charge is -2.17. The molecule has 0 aliphatic carbocycles. The summed E-state index contributed by atoms with van der Waals surface area (Å²) in [4.78, 5) is 17.4. The van der Waals surface area contributed by atoms with Gasteiger partial charge in [-0.05, 0) is 18.6 Å². The van der Waals surface area contributed by atoms with Gasteiger partial charge in [-0.1, -0.05) is 30.3 Å². The van der Waals surface area contributed by atoms with Crippen LogP contribution in [0.3, 0.4) is 0 Å². The van der Waals surface area contributed by atoms with E-state index in [0.717, 1.165) is 16.5 Å². The Morgan fingerprint density at radius 2 is 1.74 bits per heavy atom. The van der Waals surface area contributed by atoms with Crippen molar-refractivity contribution in [3.8, 4) is 22.6 Å². The van der Waals surface area contributed by atoms with Gasteiger partial charge in [0, 0.05) is 17.0 Å². The van der Waals surface area contributed by atoms with E-state index in [2.05, 4.69) is 4.98 Å². The van der Waals surface area contributed by atoms with E-state index in [4.69, 9.17) is 25.8 Å². The van der Waals surface area contributed by atoms with Crippen molar-refractivity contribution in [3.63, 3.8) is 0 Å². The van der Waals surface area contributed by atoms with Crippen LogP contribution in [-0.2, 0) is 10.6 Å². The van der Waals surface area contributed by atoms with Crippen LogP contribution in [0.15, 0.2) is 42.5 Å². The Balaban J connectivity index is 2.45. The Labute approximate surface area is 162 Å². The molecule has 27 heavy (non-hydrogen) atoms. The number of carbonyl (C=O) groups excluding carboxylic acids is 1. The number of halogens is 1. The number of esters is 1. The standard InChI is InChI=1S/C21H20ClNO4/c1-4-27-21(24)20-16(12-22)23-15-11-18(26-3)17(25-2)10-14(15)19(20)13-8-6-5-7-9-13/h5-11H,4,12H2,1-3H3. The minimum Gasteiger partial charge on any atom is -0.493 e. The van der Waals surface area contributed by atoms with Gasteiger partial charge in [0.2, 0.25) is 0 Å². The van der Waals surface area contributed by atoms with Gasteiger partial charge in [0.25, 0.3) is 0 Å². The molecule has 3 rings (SSSR count). The summed E-state index contributed by atoms with van der Waals surface area (Å²) in [6, 6.07) is 13.2. The van der Waals surface area contributed by atoms with E-state index >= 15 is 0 Å². The topological polar surface area (TPSA) is 57.7 Å². The number of aromatic nitrogens is 1. The number of carbonyl (C=O) groups is 1. The van der Waals surface area contributed by atoms with E-state index in [9.17, 15) is 4.79 Å². The lowest BCUT2D eigenvalue weighted by Crippen LogP contribution is -2.12. The lowest BCUT2D eigenvalue weighted by atomic mass is 9.94. The molecule has 0 N–H and O–H groups in total. The normalized spacial score (nSPS) is 10.7. The third-order valence-corrected chi connectivity index (χ3v) is 4.49. The molecule has 5 nitrogen and oxygen atoms in total. The van der Waals surface area contributed by atoms with Crippen molar-refractivity contribution in [2.24, 2.45) is 0 Å². The minimum absolute atomic E-state index is 0.0816. The molecule has 0 aliphatic heterocycles. The molecular formula is C21H20ClNO4. The van der Waals surface area contributed by atoms with Gasteiger partial charge >= 0.3 is 5.97 Å². The molecule has 0 saturated heterocycles. The fourth-order valence-electron chi connectivity index (χ4n) is 3.07. The maximum absolute atomic E-state index is 12.8. The van der Waals surface area contributed by atoms with Gasteiger partial charge in [-0.25, -0.2) is 4.79 Å². The summed E-state index contributed by atoms with van der Waals surface area (Å²) in [6.45, 7) is 2.03. The Bertz CT molecular complexity index is 973. The molecule has 0 aliphatic rings. The molecule has 0 radical (unpaired) electrons. The van der Waals surface area contributed by atoms with Gasteiger partial charge in [0.1, 0.15) is 0 Å². The van der Waals surface area contributed by atoms with E-state index in [0.29, 0.717) is 28.3 Å². The molecule has 0 bridgehead atoms. The number of hydrogen-bond donors (Lipinski definition) is 0. The molecule has 0 unspecified atom stereocenters. The van der Waals surface area contributed by atoms with Crippen LogP contribution in [0.2, 0.25) is 0 Å². The summed E-state index contributed by atoms with van der Waals surface area (Å²) in [7, 11) is 3.13. The number of methoxy groups -OCH3 is 2. The number of alkyl halides is 1. The third kappa shape index (κ3) is 3.55. The van der Waals surface area contributed by atoms with Gasteiger partial charge in [-0.2, -0.15) is 0 Å². The predicted molar refractivity (Wildman–Crippen MR) is 106 cm³/mol. The highest BCUT2D eigenvalue weighted by atomic mass is 35.5. The van der Waals surface area contributed by atoms with Gasteiger partial charge in [-0.15, -0.1) is 11.6 Å². The first kappa shape index (κ1) is 19.0. The molecular weight excluding hydrogens is 366 g/mol. The van der Waals surface area contributed by atoms with Crippen molar-refractivity contribution in [3.05, 3.63) is 53.7 Å². The van der Waals surface area contributed by atoms with Crippen molar-refractivity contribution in [1.29, 1.82) is 0 Å². The maximum atomic E-state index is 12.8. The Morgan fingerprint density at radius 1 is 1.07 bits per heavy atom. The number of rotatable bonds is 6. The highest BCUT2D eigenvalue weighted by Gasteiger charge is 2.24. The Hall–Kier alpha value is -2.79. The second kappa shape index (κ2) is 8.27. The second-order valence-corrected chi connectivity index (χ2v) is 6.02. The van der Waals surface area contributed by atoms with Crippen LogP contribution in [0.1, 0.15) is 23.0 Å². The van der Waals surface area contributed by atoms with Crippen LogP contribution in [0.5, 0.6) is 11.5 Å². The summed E-state index contributed by atoms with van der Waals surface area (Å²) < 4.78 is 16.1. The van der Waals surface area contributed by atoms with Crippen LogP contribution in [-0.4, -0.2) is 31.8 Å². The van der Waals surface area contributed by atoms with Crippen LogP contribution < -0.4 is 9.47 Å². The zero-order chi connectivity index (χ0) is 19.4. The van der Waals surface area contributed by atoms with Crippen molar-refractivity contribution in [2.75, 3.05) is 20.8 Å². The fourth-order valence-corrected chi connectivity index (χ4v) is 3.26. The Kier molecular flexibility index (Phi) is 5.81. The van der Waals surface area contributed by atoms with Gasteiger partial charge in [0.15, 0.2) is 11.5 Å². The summed E-state index contributed by atoms with van der Waals surface area (Å²) in [6.07, 6.45) is 0. The summed E-state index contributed by atoms with van der Waals surface area (Å²) in [5.41, 5.74) is 3.09. The molecule has 0 saturated carbocycles. The average molecular weight is 386 g/mol. The molecule has 1 aromatic heterocycles. The minimum atomic E-state index is -0.448. The van der Waals surface area contributed by atoms with Crippen molar-refractivity contribution in [1.82, 2.24) is 4.98 Å². The van der Waals surface area contributed by atoms with Crippen molar-refractivity contribution in [2.45, 2.75) is 12.8 Å². The highest BCUT2D eigenvalue weighted by molar-refractivity contribution is 6.18. The van der Waals surface area contributed by atoms with E-state index < -0.39 is 5.97 Å². The molecule has 0 atom stereocenters. The second-order valence-electron chi connectivity index (χ2n) is 5.75. The summed E-state index contributed by atoms with van der Waals surface area (Å²) in [5.74, 6) is 0.743. The smallest absolute Gasteiger partial charge is 0.340 e. The molecule has 2 aromatic carbocycles. The van der Waals surface area contributed by atoms with Crippen LogP contribution in [0.4, 0.5) is 0 Å². The van der Waals surface area contributed by atoms with Gasteiger partial charge in [-0.3, -0.25) is 4.98 Å². The average Bonchev–Trinajstić information content (AvgIpc) is 2.71. The van der Waals surface area contributed by atoms with E-state index in [1.54, 1.807) is 27.2 Å². The van der Waals surface area contributed by atoms with Crippen molar-refractivity contribution >= 4 is 28.5 Å². The first-order chi connectivity index (χ1) is 13.1. The Morgan fingerprint density at radius 3 is 2.33 bits per heavy atom. The lowest BCUT2D eigenvalue weighted by molar-refractivity contribution is 0.0526. The largest absolute Gasteiger partial charge is 0.493 e. The molecule has 3 aromatic rings. The van der Waals surface area contributed by atoms with Crippen LogP contribution in [0.25, 0.3) is 22.0 Å². The van der Waals surface area contributed by atoms with Gasteiger partial charge in [0.05, 0.1) is 43.5 Å². The SMILES string of the molecule is CCOC(=O)c1c(CCl)nc2cc(OC)c(OC)cc2c1-c1ccccc1. The number of nitrogens with zero attached hydrogens (tertiary/aromatic N) is 1. The van der Waals surface area contributed by atoms with E-state index in [1.807, 2.05) is 36.4 Å². The third-order valence-electron chi connectivity index (χ3n) is 4.23. The quantitative estimate of drug-likeness (QED) is 0.449. The molecule has 6 heteroatoms. The maximum Gasteiger partial charge on any atom is 0.340 e. The van der Waals surface area contributed by atoms with E-state index in [1.165, 1.54) is 0 Å². The van der Waals surface area contributed by atoms with Crippen LogP contribution in [0, 0.1) is 0 Å². The molecule has 0 fully saturated rings. The summed E-state index contributed by atoms with van der Waals surface area (Å²) >= 11 is 6.14. The number of benzene rings is 2. The van der Waals surface area contributed by atoms with Crippen LogP contribution >= 0.6 is 11.6 Å². The number of ether oxygens (including phenoxy) is 3. The highest BCUT2D eigenvalue weighted by Crippen LogP contribution is 2.39. The first-order valence-corrected chi connectivity index (χ1v) is 9.05. The number of pyridine rings is 1. The molecule has 1 heterocycles. The first-order valence-electron chi connectivity index (χ1n) is 8.51. The predicted octanol–water partition coefficient (Wildman–Crippen LogP) is 4.83. The van der Waals surface area contributed by atoms with E-state index in [-0.39, 0.29) is 12.5 Å². The zero-order valence-electron chi connectivity index (χ0n) is 15.4.